The van der Waals surface area contributed by atoms with Crippen molar-refractivity contribution < 1.29 is 4.79 Å². The molecule has 9 heteroatoms. The predicted molar refractivity (Wildman–Crippen MR) is 134 cm³/mol. The van der Waals surface area contributed by atoms with Crippen molar-refractivity contribution in [3.05, 3.63) is 50.1 Å². The van der Waals surface area contributed by atoms with Crippen molar-refractivity contribution in [1.29, 1.82) is 0 Å². The summed E-state index contributed by atoms with van der Waals surface area (Å²) in [6, 6.07) is 7.61. The predicted octanol–water partition coefficient (Wildman–Crippen LogP) is 5.83. The van der Waals surface area contributed by atoms with Crippen LogP contribution in [-0.4, -0.2) is 31.8 Å². The molecule has 3 rings (SSSR count). The zero-order valence-electron chi connectivity index (χ0n) is 18.6. The van der Waals surface area contributed by atoms with Gasteiger partial charge in [0.2, 0.25) is 5.91 Å². The highest BCUT2D eigenvalue weighted by Crippen LogP contribution is 2.21. The van der Waals surface area contributed by atoms with Crippen molar-refractivity contribution in [2.24, 2.45) is 0 Å². The van der Waals surface area contributed by atoms with Crippen LogP contribution in [0, 0.1) is 11.7 Å². The summed E-state index contributed by atoms with van der Waals surface area (Å²) in [5, 5.41) is 11.7. The molecule has 0 unspecified atom stereocenters. The number of benzene rings is 1. The third kappa shape index (κ3) is 6.98. The summed E-state index contributed by atoms with van der Waals surface area (Å²) in [5.74, 6) is 0.839. The van der Waals surface area contributed by atoms with Crippen LogP contribution in [0.2, 0.25) is 5.02 Å². The Morgan fingerprint density at radius 1 is 1.19 bits per heavy atom. The first kappa shape index (κ1) is 24.6. The molecule has 0 aliphatic rings. The highest BCUT2D eigenvalue weighted by molar-refractivity contribution is 7.71. The number of hydrogen-bond acceptors (Lipinski definition) is 5. The van der Waals surface area contributed by atoms with Crippen molar-refractivity contribution in [1.82, 2.24) is 24.6 Å². The second-order valence-electron chi connectivity index (χ2n) is 7.78. The number of amides is 1. The summed E-state index contributed by atoms with van der Waals surface area (Å²) in [6.45, 7) is 6.10. The first-order valence-electron chi connectivity index (χ1n) is 11.1. The van der Waals surface area contributed by atoms with Crippen molar-refractivity contribution in [3.63, 3.8) is 0 Å². The van der Waals surface area contributed by atoms with Gasteiger partial charge in [0.05, 0.1) is 11.6 Å². The standard InChI is InChI=1S/C23H30ClN5OS2/c1-3-4-14-28-22(18-8-10-19(24)11-9-18)27-29(23(28)31)15-12-20(30)25-13-6-5-7-21-26-17(2)16-32-21/h8-11,16H,3-7,12-15H2,1-2H3,(H,25,30). The van der Waals surface area contributed by atoms with E-state index < -0.39 is 0 Å². The zero-order valence-corrected chi connectivity index (χ0v) is 21.0. The van der Waals surface area contributed by atoms with Gasteiger partial charge in [-0.2, -0.15) is 5.10 Å². The van der Waals surface area contributed by atoms with Gasteiger partial charge in [0.15, 0.2) is 10.6 Å². The van der Waals surface area contributed by atoms with E-state index >= 15 is 0 Å². The minimum Gasteiger partial charge on any atom is -0.356 e. The Hall–Kier alpha value is -2.03. The molecule has 0 bridgehead atoms. The third-order valence-corrected chi connectivity index (χ3v) is 6.83. The normalized spacial score (nSPS) is 11.1. The van der Waals surface area contributed by atoms with Crippen molar-refractivity contribution in [2.45, 2.75) is 65.5 Å². The maximum Gasteiger partial charge on any atom is 0.221 e. The lowest BCUT2D eigenvalue weighted by Crippen LogP contribution is -2.25. The molecular weight excluding hydrogens is 462 g/mol. The lowest BCUT2D eigenvalue weighted by Gasteiger charge is -2.06. The quantitative estimate of drug-likeness (QED) is 0.256. The van der Waals surface area contributed by atoms with Gasteiger partial charge in [0.25, 0.3) is 0 Å². The fourth-order valence-corrected chi connectivity index (χ4v) is 4.61. The summed E-state index contributed by atoms with van der Waals surface area (Å²) in [4.78, 5) is 16.8. The minimum atomic E-state index is 0.0214. The number of aromatic nitrogens is 4. The van der Waals surface area contributed by atoms with Crippen LogP contribution in [0.4, 0.5) is 0 Å². The molecule has 3 aromatic rings. The third-order valence-electron chi connectivity index (χ3n) is 5.12. The summed E-state index contributed by atoms with van der Waals surface area (Å²) >= 11 is 13.4. The fraction of sp³-hybridized carbons (Fsp3) is 0.478. The van der Waals surface area contributed by atoms with Crippen LogP contribution in [0.1, 0.15) is 49.7 Å². The van der Waals surface area contributed by atoms with Gasteiger partial charge in [0.1, 0.15) is 0 Å². The Labute approximate surface area is 203 Å². The molecule has 1 aromatic carbocycles. The number of hydrogen-bond donors (Lipinski definition) is 1. The molecule has 0 fully saturated rings. The van der Waals surface area contributed by atoms with Gasteiger partial charge in [-0.15, -0.1) is 11.3 Å². The zero-order chi connectivity index (χ0) is 22.9. The van der Waals surface area contributed by atoms with E-state index in [4.69, 9.17) is 28.9 Å². The summed E-state index contributed by atoms with van der Waals surface area (Å²) < 4.78 is 4.47. The van der Waals surface area contributed by atoms with Crippen molar-refractivity contribution in [3.8, 4) is 11.4 Å². The number of aryl methyl sites for hydroxylation is 3. The number of halogens is 1. The number of nitrogens with one attached hydrogen (secondary N) is 1. The molecule has 0 saturated carbocycles. The maximum atomic E-state index is 12.3. The highest BCUT2D eigenvalue weighted by atomic mass is 35.5. The second kappa shape index (κ2) is 12.3. The maximum absolute atomic E-state index is 12.3. The SMILES string of the molecule is CCCCn1c(-c2ccc(Cl)cc2)nn(CCC(=O)NCCCCc2nc(C)cs2)c1=S. The average Bonchev–Trinajstić information content (AvgIpc) is 3.33. The highest BCUT2D eigenvalue weighted by Gasteiger charge is 2.13. The van der Waals surface area contributed by atoms with Crippen LogP contribution < -0.4 is 5.32 Å². The van der Waals surface area contributed by atoms with Crippen molar-refractivity contribution >= 4 is 41.1 Å². The van der Waals surface area contributed by atoms with Gasteiger partial charge in [-0.05, 0) is 69.1 Å². The molecule has 6 nitrogen and oxygen atoms in total. The molecule has 32 heavy (non-hydrogen) atoms. The van der Waals surface area contributed by atoms with Gasteiger partial charge >= 0.3 is 0 Å². The van der Waals surface area contributed by atoms with E-state index in [1.54, 1.807) is 16.0 Å². The number of carbonyl (C=O) groups is 1. The molecule has 0 aliphatic carbocycles. The molecule has 1 amide bonds. The number of carbonyl (C=O) groups excluding carboxylic acids is 1. The molecule has 0 saturated heterocycles. The summed E-state index contributed by atoms with van der Waals surface area (Å²) in [5.41, 5.74) is 2.04. The number of thiazole rings is 1. The molecule has 0 atom stereocenters. The molecule has 0 spiro atoms. The van der Waals surface area contributed by atoms with E-state index in [0.29, 0.717) is 29.3 Å². The van der Waals surface area contributed by atoms with Gasteiger partial charge in [-0.1, -0.05) is 24.9 Å². The Balaban J connectivity index is 1.52. The molecule has 2 aromatic heterocycles. The first-order valence-corrected chi connectivity index (χ1v) is 12.8. The number of unbranched alkanes of at least 4 members (excludes halogenated alkanes) is 2. The summed E-state index contributed by atoms with van der Waals surface area (Å²) in [6.07, 6.45) is 5.36. The fourth-order valence-electron chi connectivity index (χ4n) is 3.36. The van der Waals surface area contributed by atoms with E-state index in [9.17, 15) is 4.79 Å². The van der Waals surface area contributed by atoms with Crippen LogP contribution in [0.25, 0.3) is 11.4 Å². The van der Waals surface area contributed by atoms with Gasteiger partial charge in [-0.25, -0.2) is 9.67 Å². The minimum absolute atomic E-state index is 0.0214. The molecule has 1 N–H and O–H groups in total. The first-order chi connectivity index (χ1) is 15.5. The Morgan fingerprint density at radius 2 is 1.97 bits per heavy atom. The lowest BCUT2D eigenvalue weighted by atomic mass is 10.2. The molecule has 0 radical (unpaired) electrons. The van der Waals surface area contributed by atoms with Crippen LogP contribution in [-0.2, 0) is 24.3 Å². The number of nitrogens with zero attached hydrogens (tertiary/aromatic N) is 4. The Bertz CT molecular complexity index is 1070. The van der Waals surface area contributed by atoms with E-state index in [-0.39, 0.29) is 5.91 Å². The Morgan fingerprint density at radius 3 is 2.66 bits per heavy atom. The largest absolute Gasteiger partial charge is 0.356 e. The second-order valence-corrected chi connectivity index (χ2v) is 9.53. The van der Waals surface area contributed by atoms with E-state index in [1.165, 1.54) is 5.01 Å². The molecular formula is C23H30ClN5OS2. The van der Waals surface area contributed by atoms with E-state index in [2.05, 4.69) is 27.2 Å². The van der Waals surface area contributed by atoms with Crippen LogP contribution in [0.3, 0.4) is 0 Å². The van der Waals surface area contributed by atoms with Crippen LogP contribution >= 0.6 is 35.2 Å². The van der Waals surface area contributed by atoms with E-state index in [0.717, 1.165) is 55.7 Å². The van der Waals surface area contributed by atoms with Crippen LogP contribution in [0.5, 0.6) is 0 Å². The van der Waals surface area contributed by atoms with Crippen molar-refractivity contribution in [2.75, 3.05) is 6.54 Å². The van der Waals surface area contributed by atoms with Gasteiger partial charge < -0.3 is 5.32 Å². The van der Waals surface area contributed by atoms with Crippen LogP contribution in [0.15, 0.2) is 29.6 Å². The summed E-state index contributed by atoms with van der Waals surface area (Å²) in [7, 11) is 0. The topological polar surface area (TPSA) is 64.7 Å². The van der Waals surface area contributed by atoms with E-state index in [1.807, 2.05) is 31.2 Å². The monoisotopic (exact) mass is 491 g/mol. The molecule has 172 valence electrons. The smallest absolute Gasteiger partial charge is 0.221 e. The molecule has 2 heterocycles. The average molecular weight is 492 g/mol. The number of rotatable bonds is 12. The van der Waals surface area contributed by atoms with Gasteiger partial charge in [-0.3, -0.25) is 9.36 Å². The molecule has 0 aliphatic heterocycles. The van der Waals surface area contributed by atoms with Gasteiger partial charge in [0, 0.05) is 41.2 Å². The Kier molecular flexibility index (Phi) is 9.44. The lowest BCUT2D eigenvalue weighted by molar-refractivity contribution is -0.121.